The number of anilines is 1. The summed E-state index contributed by atoms with van der Waals surface area (Å²) < 4.78 is 5.17. The molecule has 0 unspecified atom stereocenters. The largest absolute Gasteiger partial charge is 0.497 e. The molecule has 3 aromatic rings. The SMILES string of the molecule is COc1ccc(NC2=C(c3ccc([N+](=O)[O-])cc3)C(=O)N(Cc3ccc(C)cc3)C2=O)cc1. The van der Waals surface area contributed by atoms with Crippen LogP contribution in [-0.4, -0.2) is 28.7 Å². The molecular formula is C25H21N3O5. The van der Waals surface area contributed by atoms with E-state index in [0.717, 1.165) is 11.1 Å². The van der Waals surface area contributed by atoms with Gasteiger partial charge >= 0.3 is 0 Å². The first-order valence-electron chi connectivity index (χ1n) is 10.2. The lowest BCUT2D eigenvalue weighted by molar-refractivity contribution is -0.384. The maximum atomic E-state index is 13.4. The third-order valence-corrected chi connectivity index (χ3v) is 5.36. The fourth-order valence-electron chi connectivity index (χ4n) is 3.55. The van der Waals surface area contributed by atoms with E-state index in [4.69, 9.17) is 4.74 Å². The van der Waals surface area contributed by atoms with Gasteiger partial charge in [-0.05, 0) is 54.4 Å². The van der Waals surface area contributed by atoms with Crippen molar-refractivity contribution < 1.29 is 19.2 Å². The molecule has 0 aliphatic carbocycles. The Balaban J connectivity index is 1.72. The predicted molar refractivity (Wildman–Crippen MR) is 123 cm³/mol. The summed E-state index contributed by atoms with van der Waals surface area (Å²) in [5, 5.41) is 14.1. The molecule has 0 radical (unpaired) electrons. The molecule has 0 atom stereocenters. The number of hydrogen-bond acceptors (Lipinski definition) is 6. The van der Waals surface area contributed by atoms with Crippen LogP contribution < -0.4 is 10.1 Å². The summed E-state index contributed by atoms with van der Waals surface area (Å²) in [5.41, 5.74) is 3.09. The third kappa shape index (κ3) is 4.45. The van der Waals surface area contributed by atoms with E-state index in [1.165, 1.54) is 29.2 Å². The van der Waals surface area contributed by atoms with Crippen LogP contribution in [0.4, 0.5) is 11.4 Å². The zero-order chi connectivity index (χ0) is 23.5. The van der Waals surface area contributed by atoms with Crippen LogP contribution in [0.3, 0.4) is 0 Å². The number of nitro benzene ring substituents is 1. The van der Waals surface area contributed by atoms with Crippen molar-refractivity contribution in [2.75, 3.05) is 12.4 Å². The number of nitro groups is 1. The number of aryl methyl sites for hydroxylation is 1. The van der Waals surface area contributed by atoms with Gasteiger partial charge < -0.3 is 10.1 Å². The van der Waals surface area contributed by atoms with Crippen LogP contribution in [-0.2, 0) is 16.1 Å². The quantitative estimate of drug-likeness (QED) is 0.332. The van der Waals surface area contributed by atoms with Crippen molar-refractivity contribution in [3.05, 3.63) is 105 Å². The van der Waals surface area contributed by atoms with E-state index in [9.17, 15) is 19.7 Å². The van der Waals surface area contributed by atoms with E-state index >= 15 is 0 Å². The molecule has 2 amide bonds. The number of benzene rings is 3. The van der Waals surface area contributed by atoms with Crippen molar-refractivity contribution in [1.82, 2.24) is 4.90 Å². The molecule has 3 aromatic carbocycles. The summed E-state index contributed by atoms with van der Waals surface area (Å²) in [6.45, 7) is 2.07. The van der Waals surface area contributed by atoms with Crippen LogP contribution in [0, 0.1) is 17.0 Å². The van der Waals surface area contributed by atoms with E-state index in [-0.39, 0.29) is 23.5 Å². The summed E-state index contributed by atoms with van der Waals surface area (Å²) in [5.74, 6) is -0.282. The molecule has 166 valence electrons. The van der Waals surface area contributed by atoms with E-state index in [2.05, 4.69) is 5.32 Å². The Hall–Kier alpha value is -4.46. The van der Waals surface area contributed by atoms with Crippen molar-refractivity contribution >= 4 is 28.8 Å². The number of rotatable bonds is 7. The minimum atomic E-state index is -0.514. The molecule has 0 spiro atoms. The van der Waals surface area contributed by atoms with E-state index < -0.39 is 16.7 Å². The molecule has 1 heterocycles. The van der Waals surface area contributed by atoms with Gasteiger partial charge in [-0.2, -0.15) is 0 Å². The summed E-state index contributed by atoms with van der Waals surface area (Å²) >= 11 is 0. The normalized spacial score (nSPS) is 13.5. The first kappa shape index (κ1) is 21.8. The van der Waals surface area contributed by atoms with E-state index in [1.807, 2.05) is 31.2 Å². The molecule has 0 saturated carbocycles. The Morgan fingerprint density at radius 1 is 0.909 bits per heavy atom. The molecule has 4 rings (SSSR count). The van der Waals surface area contributed by atoms with Gasteiger partial charge in [0.15, 0.2) is 0 Å². The van der Waals surface area contributed by atoms with Gasteiger partial charge in [0.1, 0.15) is 11.4 Å². The molecule has 0 bridgehead atoms. The average molecular weight is 443 g/mol. The number of amides is 2. The fourth-order valence-corrected chi connectivity index (χ4v) is 3.55. The molecule has 0 fully saturated rings. The number of carbonyl (C=O) groups excluding carboxylic acids is 2. The van der Waals surface area contributed by atoms with Crippen LogP contribution >= 0.6 is 0 Å². The Morgan fingerprint density at radius 2 is 1.55 bits per heavy atom. The molecule has 1 aliphatic rings. The van der Waals surface area contributed by atoms with Gasteiger partial charge in [-0.15, -0.1) is 0 Å². The Bertz CT molecular complexity index is 1250. The summed E-state index contributed by atoms with van der Waals surface area (Å²) in [7, 11) is 1.56. The molecule has 1 N–H and O–H groups in total. The lowest BCUT2D eigenvalue weighted by Crippen LogP contribution is -2.32. The molecular weight excluding hydrogens is 422 g/mol. The lowest BCUT2D eigenvalue weighted by Gasteiger charge is -2.15. The third-order valence-electron chi connectivity index (χ3n) is 5.36. The number of carbonyl (C=O) groups is 2. The highest BCUT2D eigenvalue weighted by molar-refractivity contribution is 6.36. The predicted octanol–water partition coefficient (Wildman–Crippen LogP) is 4.30. The van der Waals surface area contributed by atoms with Gasteiger partial charge in [0.2, 0.25) is 0 Å². The van der Waals surface area contributed by atoms with Gasteiger partial charge in [-0.1, -0.05) is 29.8 Å². The van der Waals surface area contributed by atoms with E-state index in [1.54, 1.807) is 31.4 Å². The molecule has 0 aromatic heterocycles. The van der Waals surface area contributed by atoms with Crippen LogP contribution in [0.5, 0.6) is 5.75 Å². The van der Waals surface area contributed by atoms with Crippen LogP contribution in [0.2, 0.25) is 0 Å². The first-order chi connectivity index (χ1) is 15.9. The number of nitrogens with zero attached hydrogens (tertiary/aromatic N) is 2. The minimum Gasteiger partial charge on any atom is -0.497 e. The number of methoxy groups -OCH3 is 1. The van der Waals surface area contributed by atoms with Crippen molar-refractivity contribution in [3.8, 4) is 5.75 Å². The first-order valence-corrected chi connectivity index (χ1v) is 10.2. The average Bonchev–Trinajstić information content (AvgIpc) is 3.05. The molecule has 8 nitrogen and oxygen atoms in total. The van der Waals surface area contributed by atoms with Crippen molar-refractivity contribution in [1.29, 1.82) is 0 Å². The smallest absolute Gasteiger partial charge is 0.278 e. The fraction of sp³-hybridized carbons (Fsp3) is 0.120. The highest BCUT2D eigenvalue weighted by atomic mass is 16.6. The standard InChI is InChI=1S/C25H21N3O5/c1-16-3-5-17(6-4-16)15-27-24(29)22(18-7-11-20(12-8-18)28(31)32)23(25(27)30)26-19-9-13-21(33-2)14-10-19/h3-14,26H,15H2,1-2H3. The van der Waals surface area contributed by atoms with Gasteiger partial charge in [-0.25, -0.2) is 0 Å². The molecule has 33 heavy (non-hydrogen) atoms. The Labute approximate surface area is 190 Å². The monoisotopic (exact) mass is 443 g/mol. The van der Waals surface area contributed by atoms with E-state index in [0.29, 0.717) is 17.0 Å². The van der Waals surface area contributed by atoms with Crippen molar-refractivity contribution in [2.24, 2.45) is 0 Å². The highest BCUT2D eigenvalue weighted by Gasteiger charge is 2.39. The van der Waals surface area contributed by atoms with Gasteiger partial charge in [0, 0.05) is 17.8 Å². The van der Waals surface area contributed by atoms with Gasteiger partial charge in [-0.3, -0.25) is 24.6 Å². The maximum Gasteiger partial charge on any atom is 0.278 e. The zero-order valence-electron chi connectivity index (χ0n) is 18.1. The number of ether oxygens (including phenoxy) is 1. The second kappa shape index (κ2) is 8.96. The topological polar surface area (TPSA) is 102 Å². The number of imide groups is 1. The number of non-ortho nitro benzene ring substituents is 1. The molecule has 8 heteroatoms. The maximum absolute atomic E-state index is 13.4. The van der Waals surface area contributed by atoms with Crippen LogP contribution in [0.1, 0.15) is 16.7 Å². The summed E-state index contributed by atoms with van der Waals surface area (Å²) in [6, 6.07) is 20.1. The second-order valence-corrected chi connectivity index (χ2v) is 7.59. The summed E-state index contributed by atoms with van der Waals surface area (Å²) in [6.07, 6.45) is 0. The minimum absolute atomic E-state index is 0.0997. The van der Waals surface area contributed by atoms with Crippen LogP contribution in [0.25, 0.3) is 5.57 Å². The van der Waals surface area contributed by atoms with Gasteiger partial charge in [0.05, 0.1) is 24.2 Å². The molecule has 1 aliphatic heterocycles. The summed E-state index contributed by atoms with van der Waals surface area (Å²) in [4.78, 5) is 38.4. The van der Waals surface area contributed by atoms with Gasteiger partial charge in [0.25, 0.3) is 17.5 Å². The number of hydrogen-bond donors (Lipinski definition) is 1. The highest BCUT2D eigenvalue weighted by Crippen LogP contribution is 2.32. The molecule has 0 saturated heterocycles. The van der Waals surface area contributed by atoms with Crippen molar-refractivity contribution in [2.45, 2.75) is 13.5 Å². The lowest BCUT2D eigenvalue weighted by atomic mass is 10.0. The van der Waals surface area contributed by atoms with Crippen LogP contribution in [0.15, 0.2) is 78.5 Å². The Kier molecular flexibility index (Phi) is 5.91. The Morgan fingerprint density at radius 3 is 2.12 bits per heavy atom. The number of nitrogens with one attached hydrogen (secondary N) is 1. The van der Waals surface area contributed by atoms with Crippen molar-refractivity contribution in [3.63, 3.8) is 0 Å². The zero-order valence-corrected chi connectivity index (χ0v) is 18.1. The second-order valence-electron chi connectivity index (χ2n) is 7.59.